The van der Waals surface area contributed by atoms with Crippen LogP contribution in [0.2, 0.25) is 5.02 Å². The number of hydrogen-bond acceptors (Lipinski definition) is 4. The van der Waals surface area contributed by atoms with Crippen LogP contribution in [-0.2, 0) is 9.59 Å². The summed E-state index contributed by atoms with van der Waals surface area (Å²) in [5, 5.41) is 19.8. The van der Waals surface area contributed by atoms with Crippen LogP contribution in [0.25, 0.3) is 0 Å². The van der Waals surface area contributed by atoms with E-state index in [1.165, 1.54) is 12.1 Å². The van der Waals surface area contributed by atoms with Gasteiger partial charge in [0.15, 0.2) is 0 Å². The monoisotopic (exact) mass is 498 g/mol. The van der Waals surface area contributed by atoms with Crippen LogP contribution in [0.3, 0.4) is 0 Å². The summed E-state index contributed by atoms with van der Waals surface area (Å²) in [7, 11) is 0. The highest BCUT2D eigenvalue weighted by atomic mass is 35.5. The highest BCUT2D eigenvalue weighted by molar-refractivity contribution is 6.34. The molecule has 1 fully saturated rings. The summed E-state index contributed by atoms with van der Waals surface area (Å²) in [6, 6.07) is 13.2. The van der Waals surface area contributed by atoms with Crippen LogP contribution in [0, 0.1) is 16.7 Å². The molecule has 0 bridgehead atoms. The predicted octanol–water partition coefficient (Wildman–Crippen LogP) is 3.83. The molecule has 2 aromatic rings. The minimum Gasteiger partial charge on any atom is -0.481 e. The number of benzene rings is 2. The van der Waals surface area contributed by atoms with Crippen LogP contribution in [0.15, 0.2) is 48.5 Å². The summed E-state index contributed by atoms with van der Waals surface area (Å²) < 4.78 is 0. The van der Waals surface area contributed by atoms with E-state index in [4.69, 9.17) is 27.9 Å². The zero-order chi connectivity index (χ0) is 25.8. The number of aliphatic carboxylic acids is 1. The first-order valence-corrected chi connectivity index (χ1v) is 11.9. The topological polar surface area (TPSA) is 137 Å². The van der Waals surface area contributed by atoms with Gasteiger partial charge in [-0.2, -0.15) is 0 Å². The smallest absolute Gasteiger partial charge is 0.303 e. The van der Waals surface area contributed by atoms with Gasteiger partial charge in [-0.1, -0.05) is 48.0 Å². The number of carbonyl (C=O) groups excluding carboxylic acids is 2. The molecule has 1 aliphatic heterocycles. The molecule has 1 aliphatic rings. The maximum Gasteiger partial charge on any atom is 0.303 e. The molecular weight excluding hydrogens is 468 g/mol. The molecule has 35 heavy (non-hydrogen) atoms. The van der Waals surface area contributed by atoms with Gasteiger partial charge in [0, 0.05) is 25.1 Å². The molecule has 9 heteroatoms. The molecule has 0 unspecified atom stereocenters. The van der Waals surface area contributed by atoms with Gasteiger partial charge in [0.1, 0.15) is 5.84 Å². The third-order valence-electron chi connectivity index (χ3n) is 6.57. The average Bonchev–Trinajstić information content (AvgIpc) is 2.82. The Balaban J connectivity index is 1.84. The Hall–Kier alpha value is -3.39. The number of carboxylic acids is 1. The number of likely N-dealkylation sites (tertiary alicyclic amines) is 1. The first-order chi connectivity index (χ1) is 16.5. The Morgan fingerprint density at radius 1 is 1.17 bits per heavy atom. The minimum atomic E-state index is -0.998. The van der Waals surface area contributed by atoms with Gasteiger partial charge in [-0.25, -0.2) is 0 Å². The lowest BCUT2D eigenvalue weighted by molar-refractivity contribution is -0.144. The van der Waals surface area contributed by atoms with Gasteiger partial charge in [0.25, 0.3) is 5.91 Å². The summed E-state index contributed by atoms with van der Waals surface area (Å²) in [6.45, 7) is 4.57. The van der Waals surface area contributed by atoms with Gasteiger partial charge < -0.3 is 21.1 Å². The molecule has 186 valence electrons. The van der Waals surface area contributed by atoms with Crippen molar-refractivity contribution >= 4 is 35.2 Å². The normalized spacial score (nSPS) is 15.3. The first-order valence-electron chi connectivity index (χ1n) is 11.5. The third-order valence-corrected chi connectivity index (χ3v) is 6.88. The number of rotatable bonds is 8. The van der Waals surface area contributed by atoms with Crippen molar-refractivity contribution in [2.24, 2.45) is 17.1 Å². The van der Waals surface area contributed by atoms with Crippen molar-refractivity contribution in [3.63, 3.8) is 0 Å². The summed E-state index contributed by atoms with van der Waals surface area (Å²) in [5.74, 6) is -1.47. The Kier molecular flexibility index (Phi) is 8.17. The zero-order valence-corrected chi connectivity index (χ0v) is 20.6. The maximum absolute atomic E-state index is 13.7. The average molecular weight is 499 g/mol. The molecule has 0 spiro atoms. The Labute approximate surface area is 210 Å². The molecule has 3 rings (SSSR count). The molecule has 1 saturated heterocycles. The molecule has 2 amide bonds. The van der Waals surface area contributed by atoms with Crippen LogP contribution >= 0.6 is 11.6 Å². The van der Waals surface area contributed by atoms with E-state index in [-0.39, 0.29) is 34.7 Å². The van der Waals surface area contributed by atoms with Crippen molar-refractivity contribution in [1.82, 2.24) is 10.2 Å². The predicted molar refractivity (Wildman–Crippen MR) is 134 cm³/mol. The Bertz CT molecular complexity index is 1110. The number of nitrogens with two attached hydrogens (primary N) is 1. The van der Waals surface area contributed by atoms with Crippen molar-refractivity contribution in [3.05, 3.63) is 70.2 Å². The van der Waals surface area contributed by atoms with Gasteiger partial charge in [0.2, 0.25) is 5.91 Å². The highest BCUT2D eigenvalue weighted by Gasteiger charge is 2.42. The molecule has 8 nitrogen and oxygen atoms in total. The second-order valence-electron chi connectivity index (χ2n) is 9.48. The number of piperidine rings is 1. The highest BCUT2D eigenvalue weighted by Crippen LogP contribution is 2.37. The summed E-state index contributed by atoms with van der Waals surface area (Å²) in [4.78, 5) is 39.7. The molecule has 2 aromatic carbocycles. The quantitative estimate of drug-likeness (QED) is 0.324. The first kappa shape index (κ1) is 26.2. The number of nitrogens with zero attached hydrogens (tertiary/aromatic N) is 1. The minimum absolute atomic E-state index is 0.0596. The number of halogens is 1. The summed E-state index contributed by atoms with van der Waals surface area (Å²) >= 11 is 6.32. The van der Waals surface area contributed by atoms with Crippen molar-refractivity contribution in [2.75, 3.05) is 13.1 Å². The molecule has 0 saturated carbocycles. The van der Waals surface area contributed by atoms with Crippen molar-refractivity contribution in [1.29, 1.82) is 5.41 Å². The molecular formula is C26H31ClN4O4. The van der Waals surface area contributed by atoms with Gasteiger partial charge in [0.05, 0.1) is 22.0 Å². The number of carboxylic acid groups (broad SMARTS) is 1. The van der Waals surface area contributed by atoms with Gasteiger partial charge in [-0.15, -0.1) is 0 Å². The van der Waals surface area contributed by atoms with E-state index < -0.39 is 23.3 Å². The maximum atomic E-state index is 13.7. The summed E-state index contributed by atoms with van der Waals surface area (Å²) in [6.07, 6.45) is 1.38. The van der Waals surface area contributed by atoms with Crippen LogP contribution in [0.5, 0.6) is 0 Å². The van der Waals surface area contributed by atoms with Crippen LogP contribution in [0.1, 0.15) is 60.6 Å². The largest absolute Gasteiger partial charge is 0.481 e. The van der Waals surface area contributed by atoms with E-state index in [9.17, 15) is 14.4 Å². The van der Waals surface area contributed by atoms with E-state index in [1.807, 2.05) is 30.3 Å². The number of amidine groups is 1. The van der Waals surface area contributed by atoms with E-state index in [0.29, 0.717) is 31.5 Å². The van der Waals surface area contributed by atoms with Crippen LogP contribution in [-0.4, -0.2) is 46.7 Å². The van der Waals surface area contributed by atoms with Crippen LogP contribution < -0.4 is 11.1 Å². The number of nitrogen functional groups attached to an aromatic ring is 1. The number of nitrogens with one attached hydrogen (secondary N) is 2. The molecule has 1 heterocycles. The van der Waals surface area contributed by atoms with Crippen LogP contribution in [0.4, 0.5) is 0 Å². The lowest BCUT2D eigenvalue weighted by atomic mass is 9.78. The SMILES string of the molecule is CC(C)(C(=O)N1CCC(CC(=O)O)CC1)[C@H](NC(=O)c1ccc(C(=N)N)cc1Cl)c1ccccc1. The third kappa shape index (κ3) is 6.19. The van der Waals surface area contributed by atoms with Crippen molar-refractivity contribution < 1.29 is 19.5 Å². The fourth-order valence-corrected chi connectivity index (χ4v) is 4.79. The Morgan fingerprint density at radius 3 is 2.34 bits per heavy atom. The number of carbonyl (C=O) groups is 3. The number of amides is 2. The van der Waals surface area contributed by atoms with Crippen molar-refractivity contribution in [2.45, 2.75) is 39.2 Å². The molecule has 5 N–H and O–H groups in total. The van der Waals surface area contributed by atoms with Gasteiger partial charge in [-0.05, 0) is 50.3 Å². The number of hydrogen-bond donors (Lipinski definition) is 4. The fourth-order valence-electron chi connectivity index (χ4n) is 4.52. The molecule has 0 aromatic heterocycles. The second kappa shape index (κ2) is 10.9. The van der Waals surface area contributed by atoms with Gasteiger partial charge in [-0.3, -0.25) is 19.8 Å². The lowest BCUT2D eigenvalue weighted by Crippen LogP contribution is -2.51. The molecule has 0 radical (unpaired) electrons. The summed E-state index contributed by atoms with van der Waals surface area (Å²) in [5.41, 5.74) is 5.92. The second-order valence-corrected chi connectivity index (χ2v) is 9.89. The van der Waals surface area contributed by atoms with Crippen molar-refractivity contribution in [3.8, 4) is 0 Å². The Morgan fingerprint density at radius 2 is 1.80 bits per heavy atom. The van der Waals surface area contributed by atoms with Gasteiger partial charge >= 0.3 is 5.97 Å². The molecule has 0 aliphatic carbocycles. The van der Waals surface area contributed by atoms with E-state index in [0.717, 1.165) is 5.56 Å². The van der Waals surface area contributed by atoms with E-state index in [2.05, 4.69) is 5.32 Å². The standard InChI is InChI=1S/C26H31ClN4O4/c1-26(2,25(35)31-12-10-16(11-13-31)14-21(32)33)22(17-6-4-3-5-7-17)30-24(34)19-9-8-18(23(28)29)15-20(19)27/h3-9,15-16,22H,10-14H2,1-2H3,(H3,28,29)(H,30,34)(H,32,33)/t22-/m1/s1. The lowest BCUT2D eigenvalue weighted by Gasteiger charge is -2.40. The zero-order valence-electron chi connectivity index (χ0n) is 19.9. The molecule has 1 atom stereocenters. The fraction of sp³-hybridized carbons (Fsp3) is 0.385. The van der Waals surface area contributed by atoms with E-state index in [1.54, 1.807) is 24.8 Å². The van der Waals surface area contributed by atoms with E-state index >= 15 is 0 Å².